The molecule has 0 atom stereocenters. The summed E-state index contributed by atoms with van der Waals surface area (Å²) in [4.78, 5) is 0. The van der Waals surface area contributed by atoms with E-state index in [0.29, 0.717) is 0 Å². The Morgan fingerprint density at radius 2 is 0.952 bits per heavy atom. The molecule has 0 fully saturated rings. The lowest BCUT2D eigenvalue weighted by atomic mass is 9.83. The molecule has 0 spiro atoms. The van der Waals surface area contributed by atoms with Crippen LogP contribution < -0.4 is 0 Å². The summed E-state index contributed by atoms with van der Waals surface area (Å²) in [6.45, 7) is 0. The second kappa shape index (κ2) is 7.99. The van der Waals surface area contributed by atoms with Gasteiger partial charge in [-0.2, -0.15) is 0 Å². The average molecular weight is 535 g/mol. The predicted molar refractivity (Wildman–Crippen MR) is 176 cm³/mol. The van der Waals surface area contributed by atoms with Crippen LogP contribution in [0.4, 0.5) is 0 Å². The first-order valence-electron chi connectivity index (χ1n) is 14.4. The molecule has 8 aromatic carbocycles. The Labute approximate surface area is 240 Å². The van der Waals surface area contributed by atoms with Gasteiger partial charge in [0.2, 0.25) is 0 Å². The summed E-state index contributed by atoms with van der Waals surface area (Å²) in [6.07, 6.45) is 0. The van der Waals surface area contributed by atoms with Crippen LogP contribution in [0.25, 0.3) is 98.4 Å². The molecule has 0 aliphatic rings. The molecule has 0 aliphatic heterocycles. The topological polar surface area (TPSA) is 26.3 Å². The van der Waals surface area contributed by atoms with Crippen molar-refractivity contribution >= 4 is 76.2 Å². The first-order valence-corrected chi connectivity index (χ1v) is 14.4. The molecule has 42 heavy (non-hydrogen) atoms. The van der Waals surface area contributed by atoms with E-state index in [1.807, 2.05) is 12.1 Å². The summed E-state index contributed by atoms with van der Waals surface area (Å²) >= 11 is 0. The van der Waals surface area contributed by atoms with Gasteiger partial charge in [-0.25, -0.2) is 0 Å². The van der Waals surface area contributed by atoms with Crippen LogP contribution in [0.5, 0.6) is 0 Å². The van der Waals surface area contributed by atoms with Crippen molar-refractivity contribution in [2.75, 3.05) is 0 Å². The molecule has 2 aromatic heterocycles. The molecule has 0 unspecified atom stereocenters. The second-order valence-electron chi connectivity index (χ2n) is 11.2. The number of fused-ring (bicyclic) bond motifs is 6. The molecule has 10 rings (SSSR count). The molecular weight excluding hydrogens is 512 g/mol. The summed E-state index contributed by atoms with van der Waals surface area (Å²) in [5, 5.41) is 11.8. The molecule has 2 heteroatoms. The fourth-order valence-electron chi connectivity index (χ4n) is 7.29. The number of benzene rings is 8. The average Bonchev–Trinajstić information content (AvgIpc) is 3.62. The normalized spacial score (nSPS) is 12.3. The Balaban J connectivity index is 1.46. The zero-order valence-electron chi connectivity index (χ0n) is 22.5. The summed E-state index contributed by atoms with van der Waals surface area (Å²) in [6, 6.07) is 47.8. The predicted octanol–water partition coefficient (Wildman–Crippen LogP) is 11.7. The van der Waals surface area contributed by atoms with E-state index in [4.69, 9.17) is 8.83 Å². The maximum Gasteiger partial charge on any atom is 0.179 e. The van der Waals surface area contributed by atoms with Gasteiger partial charge >= 0.3 is 0 Å². The standard InChI is InChI=1S/C40H22O2/c1-2-11-23(12-3-1)35-26-15-4-6-17-28(26)37(29-18-7-5-16-27(29)35)30-21-24-13-10-20-34-36(24)38-31(30)22-32-25-14-8-9-19-33(25)41-39(32)40(38)42-34/h1-22H. The third-order valence-corrected chi connectivity index (χ3v) is 9.00. The van der Waals surface area contributed by atoms with Gasteiger partial charge in [0.15, 0.2) is 11.2 Å². The first kappa shape index (κ1) is 22.1. The Hall–Kier alpha value is -5.60. The molecule has 0 radical (unpaired) electrons. The molecule has 2 nitrogen and oxygen atoms in total. The van der Waals surface area contributed by atoms with Crippen molar-refractivity contribution in [3.8, 4) is 22.3 Å². The largest absolute Gasteiger partial charge is 0.452 e. The van der Waals surface area contributed by atoms with Crippen LogP contribution in [0, 0.1) is 0 Å². The van der Waals surface area contributed by atoms with Crippen molar-refractivity contribution in [2.45, 2.75) is 0 Å². The van der Waals surface area contributed by atoms with Crippen molar-refractivity contribution in [3.63, 3.8) is 0 Å². The number of hydrogen-bond donors (Lipinski definition) is 0. The van der Waals surface area contributed by atoms with E-state index in [1.54, 1.807) is 0 Å². The second-order valence-corrected chi connectivity index (χ2v) is 11.2. The first-order chi connectivity index (χ1) is 20.8. The van der Waals surface area contributed by atoms with Gasteiger partial charge in [-0.15, -0.1) is 0 Å². The van der Waals surface area contributed by atoms with Crippen LogP contribution in [0.15, 0.2) is 142 Å². The highest BCUT2D eigenvalue weighted by molar-refractivity contribution is 6.34. The Bertz CT molecular complexity index is 2610. The molecule has 0 bridgehead atoms. The van der Waals surface area contributed by atoms with Gasteiger partial charge in [-0.05, 0) is 78.8 Å². The van der Waals surface area contributed by atoms with Gasteiger partial charge in [-0.3, -0.25) is 0 Å². The van der Waals surface area contributed by atoms with E-state index in [9.17, 15) is 0 Å². The van der Waals surface area contributed by atoms with Gasteiger partial charge < -0.3 is 8.83 Å². The van der Waals surface area contributed by atoms with Gasteiger partial charge in [0, 0.05) is 21.5 Å². The third-order valence-electron chi connectivity index (χ3n) is 9.00. The van der Waals surface area contributed by atoms with Crippen LogP contribution in [0.1, 0.15) is 0 Å². The lowest BCUT2D eigenvalue weighted by Crippen LogP contribution is -1.92. The van der Waals surface area contributed by atoms with E-state index in [1.165, 1.54) is 54.6 Å². The lowest BCUT2D eigenvalue weighted by molar-refractivity contribution is 0.633. The smallest absolute Gasteiger partial charge is 0.179 e. The van der Waals surface area contributed by atoms with E-state index < -0.39 is 0 Å². The summed E-state index contributed by atoms with van der Waals surface area (Å²) < 4.78 is 13.1. The molecule has 0 aliphatic carbocycles. The highest BCUT2D eigenvalue weighted by atomic mass is 16.4. The van der Waals surface area contributed by atoms with Gasteiger partial charge in [0.05, 0.1) is 0 Å². The van der Waals surface area contributed by atoms with Gasteiger partial charge in [0.25, 0.3) is 0 Å². The van der Waals surface area contributed by atoms with E-state index in [-0.39, 0.29) is 0 Å². The van der Waals surface area contributed by atoms with E-state index in [0.717, 1.165) is 43.9 Å². The highest BCUT2D eigenvalue weighted by Crippen LogP contribution is 2.50. The molecule has 0 N–H and O–H groups in total. The van der Waals surface area contributed by atoms with Crippen LogP contribution in [-0.2, 0) is 0 Å². The van der Waals surface area contributed by atoms with E-state index >= 15 is 0 Å². The Kier molecular flexibility index (Phi) is 4.21. The maximum absolute atomic E-state index is 6.61. The molecule has 0 amide bonds. The molecule has 2 heterocycles. The summed E-state index contributed by atoms with van der Waals surface area (Å²) in [5.41, 5.74) is 8.35. The van der Waals surface area contributed by atoms with Crippen molar-refractivity contribution in [1.82, 2.24) is 0 Å². The van der Waals surface area contributed by atoms with Crippen molar-refractivity contribution < 1.29 is 8.83 Å². The van der Waals surface area contributed by atoms with Crippen LogP contribution in [-0.4, -0.2) is 0 Å². The fraction of sp³-hybridized carbons (Fsp3) is 0. The monoisotopic (exact) mass is 534 g/mol. The zero-order valence-corrected chi connectivity index (χ0v) is 22.5. The molecule has 0 saturated carbocycles. The molecular formula is C40H22O2. The highest BCUT2D eigenvalue weighted by Gasteiger charge is 2.24. The minimum Gasteiger partial charge on any atom is -0.452 e. The SMILES string of the molecule is c1ccc(-c2c3ccccc3c(-c3cc4cccc5oc6c7oc8ccccc8c7cc3c6c45)c3ccccc23)cc1. The molecule has 194 valence electrons. The van der Waals surface area contributed by atoms with Crippen molar-refractivity contribution in [3.05, 3.63) is 133 Å². The number of hydrogen-bond acceptors (Lipinski definition) is 2. The Morgan fingerprint density at radius 1 is 0.357 bits per heavy atom. The van der Waals surface area contributed by atoms with Crippen LogP contribution in [0.3, 0.4) is 0 Å². The minimum absolute atomic E-state index is 0.812. The van der Waals surface area contributed by atoms with Crippen molar-refractivity contribution in [1.29, 1.82) is 0 Å². The Morgan fingerprint density at radius 3 is 1.69 bits per heavy atom. The molecule has 10 aromatic rings. The maximum atomic E-state index is 6.61. The quantitative estimate of drug-likeness (QED) is 0.163. The zero-order chi connectivity index (χ0) is 27.4. The molecule has 0 saturated heterocycles. The summed E-state index contributed by atoms with van der Waals surface area (Å²) in [5.74, 6) is 0. The van der Waals surface area contributed by atoms with Crippen LogP contribution in [0.2, 0.25) is 0 Å². The number of furan rings is 2. The minimum atomic E-state index is 0.812. The number of rotatable bonds is 2. The lowest BCUT2D eigenvalue weighted by Gasteiger charge is -2.19. The third kappa shape index (κ3) is 2.78. The van der Waals surface area contributed by atoms with Crippen molar-refractivity contribution in [2.24, 2.45) is 0 Å². The number of para-hydroxylation sites is 1. The van der Waals surface area contributed by atoms with Gasteiger partial charge in [-0.1, -0.05) is 109 Å². The van der Waals surface area contributed by atoms with E-state index in [2.05, 4.69) is 121 Å². The summed E-state index contributed by atoms with van der Waals surface area (Å²) in [7, 11) is 0. The van der Waals surface area contributed by atoms with Crippen LogP contribution >= 0.6 is 0 Å². The fourth-order valence-corrected chi connectivity index (χ4v) is 7.29. The van der Waals surface area contributed by atoms with Gasteiger partial charge in [0.1, 0.15) is 11.2 Å².